The summed E-state index contributed by atoms with van der Waals surface area (Å²) >= 11 is 8.20. The van der Waals surface area contributed by atoms with E-state index >= 15 is 0 Å². The third-order valence-electron chi connectivity index (χ3n) is 3.72. The lowest BCUT2D eigenvalue weighted by Crippen LogP contribution is -2.30. The average molecular weight is 428 g/mol. The van der Waals surface area contributed by atoms with Crippen LogP contribution in [0, 0.1) is 3.57 Å². The highest BCUT2D eigenvalue weighted by Gasteiger charge is 2.33. The van der Waals surface area contributed by atoms with Gasteiger partial charge in [0, 0.05) is 21.7 Å². The summed E-state index contributed by atoms with van der Waals surface area (Å²) < 4.78 is 7.06. The molecule has 0 N–H and O–H groups in total. The van der Waals surface area contributed by atoms with E-state index in [0.29, 0.717) is 18.1 Å². The smallest absolute Gasteiger partial charge is 0.168 e. The lowest BCUT2D eigenvalue weighted by molar-refractivity contribution is -0.123. The van der Waals surface area contributed by atoms with E-state index in [-0.39, 0.29) is 6.10 Å². The molecule has 2 aromatic carbocycles. The van der Waals surface area contributed by atoms with Crippen LogP contribution in [0.4, 0.5) is 0 Å². The van der Waals surface area contributed by atoms with Crippen molar-refractivity contribution in [2.45, 2.75) is 18.9 Å². The summed E-state index contributed by atoms with van der Waals surface area (Å²) in [7, 11) is 0. The maximum absolute atomic E-state index is 11.3. The zero-order valence-electron chi connectivity index (χ0n) is 11.8. The topological polar surface area (TPSA) is 29.5 Å². The minimum atomic E-state index is -0.500. The minimum Gasteiger partial charge on any atom is -0.347 e. The zero-order valence-corrected chi connectivity index (χ0v) is 14.7. The Balaban J connectivity index is 1.73. The van der Waals surface area contributed by atoms with Crippen molar-refractivity contribution in [2.75, 3.05) is 6.54 Å². The van der Waals surface area contributed by atoms with Crippen molar-refractivity contribution >= 4 is 40.5 Å². The molecule has 0 aromatic heterocycles. The van der Waals surface area contributed by atoms with Crippen LogP contribution in [0.1, 0.15) is 17.2 Å². The van der Waals surface area contributed by atoms with Crippen LogP contribution < -0.4 is 0 Å². The fraction of sp³-hybridized carbons (Fsp3) is 0.235. The van der Waals surface area contributed by atoms with Gasteiger partial charge < -0.3 is 4.74 Å². The number of carbonyl (C=O) groups is 1. The van der Waals surface area contributed by atoms with E-state index < -0.39 is 6.23 Å². The Morgan fingerprint density at radius 2 is 1.86 bits per heavy atom. The molecule has 2 aromatic rings. The van der Waals surface area contributed by atoms with E-state index in [0.717, 1.165) is 11.8 Å². The first-order valence-electron chi connectivity index (χ1n) is 7.00. The number of aldehydes is 1. The lowest BCUT2D eigenvalue weighted by atomic mass is 10.1. The standard InChI is InChI=1S/C17H15ClINO2/c18-14-5-3-13(4-6-14)16-10-20(17(11-21)22-16)9-12-1-7-15(19)8-2-12/h1-8,11,16-17H,9-10H2/t16-,17?/m0/s1. The predicted octanol–water partition coefficient (Wildman–Crippen LogP) is 4.04. The number of rotatable bonds is 4. The maximum Gasteiger partial charge on any atom is 0.168 e. The van der Waals surface area contributed by atoms with Crippen LogP contribution >= 0.6 is 34.2 Å². The number of halogens is 2. The van der Waals surface area contributed by atoms with Gasteiger partial charge in [0.15, 0.2) is 12.5 Å². The average Bonchev–Trinajstić information content (AvgIpc) is 2.93. The Morgan fingerprint density at radius 1 is 1.18 bits per heavy atom. The third-order valence-corrected chi connectivity index (χ3v) is 4.69. The summed E-state index contributed by atoms with van der Waals surface area (Å²) in [6.45, 7) is 1.39. The molecular formula is C17H15ClINO2. The van der Waals surface area contributed by atoms with Crippen molar-refractivity contribution in [3.05, 3.63) is 68.3 Å². The van der Waals surface area contributed by atoms with Gasteiger partial charge in [0.05, 0.1) is 6.10 Å². The van der Waals surface area contributed by atoms with Gasteiger partial charge in [-0.2, -0.15) is 0 Å². The van der Waals surface area contributed by atoms with Gasteiger partial charge in [-0.05, 0) is 58.0 Å². The molecule has 0 aliphatic carbocycles. The highest BCUT2D eigenvalue weighted by atomic mass is 127. The normalized spacial score (nSPS) is 21.9. The quantitative estimate of drug-likeness (QED) is 0.545. The van der Waals surface area contributed by atoms with Crippen LogP contribution in [-0.2, 0) is 16.1 Å². The number of nitrogens with zero attached hydrogens (tertiary/aromatic N) is 1. The molecule has 1 aliphatic heterocycles. The summed E-state index contributed by atoms with van der Waals surface area (Å²) in [5.41, 5.74) is 2.22. The van der Waals surface area contributed by atoms with E-state index in [4.69, 9.17) is 16.3 Å². The molecule has 0 bridgehead atoms. The summed E-state index contributed by atoms with van der Waals surface area (Å²) in [6, 6.07) is 15.9. The molecule has 22 heavy (non-hydrogen) atoms. The molecule has 1 saturated heterocycles. The van der Waals surface area contributed by atoms with Crippen LogP contribution in [0.15, 0.2) is 48.5 Å². The second-order valence-electron chi connectivity index (χ2n) is 5.26. The fourth-order valence-electron chi connectivity index (χ4n) is 2.57. The number of benzene rings is 2. The number of hydrogen-bond acceptors (Lipinski definition) is 3. The fourth-order valence-corrected chi connectivity index (χ4v) is 3.06. The van der Waals surface area contributed by atoms with Gasteiger partial charge in [0.2, 0.25) is 0 Å². The van der Waals surface area contributed by atoms with E-state index in [1.54, 1.807) is 0 Å². The first-order valence-corrected chi connectivity index (χ1v) is 8.46. The maximum atomic E-state index is 11.3. The van der Waals surface area contributed by atoms with Crippen molar-refractivity contribution < 1.29 is 9.53 Å². The molecule has 0 amide bonds. The van der Waals surface area contributed by atoms with Crippen molar-refractivity contribution in [3.8, 4) is 0 Å². The molecule has 1 fully saturated rings. The summed E-state index contributed by atoms with van der Waals surface area (Å²) in [5, 5.41) is 0.699. The first-order chi connectivity index (χ1) is 10.7. The monoisotopic (exact) mass is 427 g/mol. The van der Waals surface area contributed by atoms with Crippen LogP contribution in [0.25, 0.3) is 0 Å². The van der Waals surface area contributed by atoms with Crippen molar-refractivity contribution in [1.29, 1.82) is 0 Å². The molecular weight excluding hydrogens is 413 g/mol. The van der Waals surface area contributed by atoms with Crippen LogP contribution in [0.5, 0.6) is 0 Å². The Hall–Kier alpha value is -0.950. The second-order valence-corrected chi connectivity index (χ2v) is 6.94. The van der Waals surface area contributed by atoms with E-state index in [1.807, 2.05) is 24.3 Å². The SMILES string of the molecule is O=CC1O[C@H](c2ccc(Cl)cc2)CN1Cc1ccc(I)cc1. The third kappa shape index (κ3) is 3.68. The molecule has 1 aliphatic rings. The largest absolute Gasteiger partial charge is 0.347 e. The molecule has 3 nitrogen and oxygen atoms in total. The van der Waals surface area contributed by atoms with Crippen LogP contribution in [-0.4, -0.2) is 24.0 Å². The lowest BCUT2D eigenvalue weighted by Gasteiger charge is -2.17. The molecule has 0 spiro atoms. The van der Waals surface area contributed by atoms with Crippen LogP contribution in [0.2, 0.25) is 5.02 Å². The molecule has 2 atom stereocenters. The Morgan fingerprint density at radius 3 is 2.50 bits per heavy atom. The van der Waals surface area contributed by atoms with Crippen LogP contribution in [0.3, 0.4) is 0 Å². The van der Waals surface area contributed by atoms with Gasteiger partial charge in [0.1, 0.15) is 0 Å². The molecule has 5 heteroatoms. The van der Waals surface area contributed by atoms with Gasteiger partial charge in [-0.3, -0.25) is 9.69 Å². The Labute approximate surface area is 148 Å². The zero-order chi connectivity index (χ0) is 15.5. The molecule has 1 unspecified atom stereocenters. The minimum absolute atomic E-state index is 0.101. The van der Waals surface area contributed by atoms with Gasteiger partial charge in [0.25, 0.3) is 0 Å². The molecule has 1 heterocycles. The highest BCUT2D eigenvalue weighted by Crippen LogP contribution is 2.30. The molecule has 0 radical (unpaired) electrons. The highest BCUT2D eigenvalue weighted by molar-refractivity contribution is 14.1. The Kier molecular flexibility index (Phi) is 5.13. The summed E-state index contributed by atoms with van der Waals surface area (Å²) in [4.78, 5) is 13.4. The van der Waals surface area contributed by atoms with E-state index in [1.165, 1.54) is 9.13 Å². The second kappa shape index (κ2) is 7.08. The van der Waals surface area contributed by atoms with Crippen molar-refractivity contribution in [2.24, 2.45) is 0 Å². The number of hydrogen-bond donors (Lipinski definition) is 0. The van der Waals surface area contributed by atoms with E-state index in [2.05, 4.69) is 51.8 Å². The predicted molar refractivity (Wildman–Crippen MR) is 94.7 cm³/mol. The van der Waals surface area contributed by atoms with Gasteiger partial charge >= 0.3 is 0 Å². The van der Waals surface area contributed by atoms with Crippen molar-refractivity contribution in [3.63, 3.8) is 0 Å². The molecule has 0 saturated carbocycles. The number of ether oxygens (including phenoxy) is 1. The number of carbonyl (C=O) groups excluding carboxylic acids is 1. The first kappa shape index (κ1) is 15.9. The van der Waals surface area contributed by atoms with E-state index in [9.17, 15) is 4.79 Å². The van der Waals surface area contributed by atoms with Crippen molar-refractivity contribution in [1.82, 2.24) is 4.90 Å². The van der Waals surface area contributed by atoms with Gasteiger partial charge in [-0.1, -0.05) is 35.9 Å². The summed E-state index contributed by atoms with van der Waals surface area (Å²) in [5.74, 6) is 0. The Bertz CT molecular complexity index is 645. The molecule has 114 valence electrons. The van der Waals surface area contributed by atoms with Gasteiger partial charge in [-0.15, -0.1) is 0 Å². The molecule has 3 rings (SSSR count). The summed E-state index contributed by atoms with van der Waals surface area (Å²) in [6.07, 6.45) is 0.263. The van der Waals surface area contributed by atoms with Gasteiger partial charge in [-0.25, -0.2) is 0 Å².